The van der Waals surface area contributed by atoms with Crippen molar-refractivity contribution in [2.45, 2.75) is 56.9 Å². The van der Waals surface area contributed by atoms with Gasteiger partial charge in [-0.05, 0) is 26.0 Å². The second-order valence-corrected chi connectivity index (χ2v) is 8.64. The highest BCUT2D eigenvalue weighted by Crippen LogP contribution is 2.30. The number of rotatable bonds is 9. The number of hydrogen-bond acceptors (Lipinski definition) is 5. The average Bonchev–Trinajstić information content (AvgIpc) is 2.92. The van der Waals surface area contributed by atoms with Crippen molar-refractivity contribution in [2.75, 3.05) is 24.8 Å². The maximum absolute atomic E-state index is 12.3. The van der Waals surface area contributed by atoms with Crippen LogP contribution in [0.3, 0.4) is 0 Å². The number of halogens is 3. The molecule has 1 aromatic rings. The highest BCUT2D eigenvalue weighted by molar-refractivity contribution is 8.01. The number of alkyl halides is 3. The van der Waals surface area contributed by atoms with Crippen LogP contribution in [0.4, 0.5) is 19.0 Å². The number of anilines is 1. The predicted octanol–water partition coefficient (Wildman–Crippen LogP) is 4.39. The van der Waals surface area contributed by atoms with E-state index in [2.05, 4.69) is 10.5 Å². The Labute approximate surface area is 150 Å². The summed E-state index contributed by atoms with van der Waals surface area (Å²) in [5.41, 5.74) is -0.396. The highest BCUT2D eigenvalue weighted by Gasteiger charge is 2.32. The van der Waals surface area contributed by atoms with Gasteiger partial charge in [-0.3, -0.25) is 4.79 Å². The molecular weight excluding hydrogens is 357 g/mol. The van der Waals surface area contributed by atoms with Crippen LogP contribution in [0.1, 0.15) is 46.3 Å². The summed E-state index contributed by atoms with van der Waals surface area (Å²) < 4.78 is 46.0. The number of nitrogens with zero attached hydrogens (tertiary/aromatic N) is 1. The molecule has 25 heavy (non-hydrogen) atoms. The first-order valence-corrected chi connectivity index (χ1v) is 8.84. The van der Waals surface area contributed by atoms with Crippen molar-refractivity contribution in [1.82, 2.24) is 5.16 Å². The minimum absolute atomic E-state index is 0.0236. The summed E-state index contributed by atoms with van der Waals surface area (Å²) in [5, 5.41) is 6.47. The molecule has 0 aliphatic carbocycles. The molecule has 0 aromatic carbocycles. The van der Waals surface area contributed by atoms with Crippen LogP contribution in [0.2, 0.25) is 0 Å². The summed E-state index contributed by atoms with van der Waals surface area (Å²) in [6.45, 7) is 7.59. The van der Waals surface area contributed by atoms with E-state index in [1.54, 1.807) is 27.0 Å². The zero-order valence-corrected chi connectivity index (χ0v) is 15.9. The zero-order chi connectivity index (χ0) is 19.3. The van der Waals surface area contributed by atoms with Crippen molar-refractivity contribution in [3.05, 3.63) is 11.8 Å². The molecule has 5 nitrogen and oxygen atoms in total. The molecule has 9 heteroatoms. The largest absolute Gasteiger partial charge is 0.389 e. The van der Waals surface area contributed by atoms with E-state index in [1.165, 1.54) is 11.8 Å². The smallest absolute Gasteiger partial charge is 0.384 e. The van der Waals surface area contributed by atoms with E-state index in [-0.39, 0.29) is 23.9 Å². The Hall–Kier alpha value is -1.22. The second-order valence-electron chi connectivity index (χ2n) is 6.92. The minimum atomic E-state index is -4.17. The van der Waals surface area contributed by atoms with Crippen LogP contribution >= 0.6 is 11.8 Å². The van der Waals surface area contributed by atoms with Gasteiger partial charge >= 0.3 is 6.18 Å². The number of methoxy groups -OCH3 is 1. The molecule has 0 aliphatic heterocycles. The highest BCUT2D eigenvalue weighted by atomic mass is 32.2. The van der Waals surface area contributed by atoms with Gasteiger partial charge in [0.2, 0.25) is 5.91 Å². The molecule has 0 saturated carbocycles. The normalized spacial score (nSPS) is 13.1. The van der Waals surface area contributed by atoms with Crippen molar-refractivity contribution in [3.8, 4) is 0 Å². The quantitative estimate of drug-likeness (QED) is 0.642. The van der Waals surface area contributed by atoms with Crippen molar-refractivity contribution in [1.29, 1.82) is 0 Å². The van der Waals surface area contributed by atoms with E-state index in [1.807, 2.05) is 13.8 Å². The molecule has 0 saturated heterocycles. The SMILES string of the molecule is COCC(C)(C)c1cc(NC(=O)C(C)(C)SCCCC(F)(F)F)no1. The fourth-order valence-electron chi connectivity index (χ4n) is 2.02. The molecule has 0 radical (unpaired) electrons. The standard InChI is InChI=1S/C16H25F3N2O3S/c1-14(2,10-23-5)11-9-12(21-24-11)20-13(22)15(3,4)25-8-6-7-16(17,18)19/h9H,6-8,10H2,1-5H3,(H,20,21,22). The van der Waals surface area contributed by atoms with Crippen LogP contribution in [0.15, 0.2) is 10.6 Å². The molecule has 1 amide bonds. The van der Waals surface area contributed by atoms with Gasteiger partial charge in [0, 0.05) is 25.0 Å². The number of hydrogen-bond donors (Lipinski definition) is 1. The van der Waals surface area contributed by atoms with E-state index in [0.29, 0.717) is 12.4 Å². The zero-order valence-electron chi connectivity index (χ0n) is 15.1. The van der Waals surface area contributed by atoms with Crippen LogP contribution in [0.5, 0.6) is 0 Å². The van der Waals surface area contributed by atoms with Crippen LogP contribution in [0.25, 0.3) is 0 Å². The van der Waals surface area contributed by atoms with Gasteiger partial charge in [0.05, 0.1) is 11.4 Å². The number of carbonyl (C=O) groups is 1. The predicted molar refractivity (Wildman–Crippen MR) is 91.9 cm³/mol. The van der Waals surface area contributed by atoms with Gasteiger partial charge in [-0.1, -0.05) is 19.0 Å². The Morgan fingerprint density at radius 2 is 1.96 bits per heavy atom. The topological polar surface area (TPSA) is 64.4 Å². The lowest BCUT2D eigenvalue weighted by molar-refractivity contribution is -0.134. The monoisotopic (exact) mass is 382 g/mol. The molecule has 0 bridgehead atoms. The summed E-state index contributed by atoms with van der Waals surface area (Å²) in [6, 6.07) is 1.63. The molecule has 1 N–H and O–H groups in total. The Morgan fingerprint density at radius 3 is 2.52 bits per heavy atom. The minimum Gasteiger partial charge on any atom is -0.384 e. The molecule has 1 rings (SSSR count). The molecule has 0 fully saturated rings. The number of ether oxygens (including phenoxy) is 1. The lowest BCUT2D eigenvalue weighted by Gasteiger charge is -2.22. The summed E-state index contributed by atoms with van der Waals surface area (Å²) in [5.74, 6) is 0.743. The maximum Gasteiger partial charge on any atom is 0.389 e. The number of nitrogens with one attached hydrogen (secondary N) is 1. The van der Waals surface area contributed by atoms with Crippen molar-refractivity contribution in [2.24, 2.45) is 0 Å². The molecule has 0 aliphatic rings. The summed E-state index contributed by atoms with van der Waals surface area (Å²) in [4.78, 5) is 12.3. The number of carbonyl (C=O) groups excluding carboxylic acids is 1. The summed E-state index contributed by atoms with van der Waals surface area (Å²) in [7, 11) is 1.58. The molecule has 0 unspecified atom stereocenters. The Morgan fingerprint density at radius 1 is 1.32 bits per heavy atom. The lowest BCUT2D eigenvalue weighted by Crippen LogP contribution is -2.34. The van der Waals surface area contributed by atoms with E-state index < -0.39 is 22.8 Å². The first-order chi connectivity index (χ1) is 11.4. The molecule has 0 spiro atoms. The van der Waals surface area contributed by atoms with Gasteiger partial charge in [-0.15, -0.1) is 11.8 Å². The van der Waals surface area contributed by atoms with Gasteiger partial charge in [0.15, 0.2) is 5.82 Å². The van der Waals surface area contributed by atoms with Gasteiger partial charge in [0.1, 0.15) is 5.76 Å². The molecule has 0 atom stereocenters. The fraction of sp³-hybridized carbons (Fsp3) is 0.750. The third kappa shape index (κ3) is 7.27. The molecule has 144 valence electrons. The first-order valence-electron chi connectivity index (χ1n) is 7.86. The Balaban J connectivity index is 2.58. The van der Waals surface area contributed by atoms with Crippen LogP contribution in [0, 0.1) is 0 Å². The first kappa shape index (κ1) is 21.8. The van der Waals surface area contributed by atoms with Crippen molar-refractivity contribution >= 4 is 23.5 Å². The van der Waals surface area contributed by atoms with Gasteiger partial charge in [-0.25, -0.2) is 0 Å². The fourth-order valence-corrected chi connectivity index (χ4v) is 3.00. The van der Waals surface area contributed by atoms with Crippen LogP contribution < -0.4 is 5.32 Å². The molecular formula is C16H25F3N2O3S. The number of thioether (sulfide) groups is 1. The summed E-state index contributed by atoms with van der Waals surface area (Å²) >= 11 is 1.18. The molecule has 1 aromatic heterocycles. The van der Waals surface area contributed by atoms with Gasteiger partial charge < -0.3 is 14.6 Å². The lowest BCUT2D eigenvalue weighted by atomic mass is 9.91. The van der Waals surface area contributed by atoms with E-state index in [0.717, 1.165) is 0 Å². The number of amides is 1. The van der Waals surface area contributed by atoms with Crippen LogP contribution in [-0.2, 0) is 14.9 Å². The third-order valence-electron chi connectivity index (χ3n) is 3.54. The van der Waals surface area contributed by atoms with Crippen molar-refractivity contribution < 1.29 is 27.2 Å². The van der Waals surface area contributed by atoms with E-state index in [9.17, 15) is 18.0 Å². The van der Waals surface area contributed by atoms with Crippen LogP contribution in [-0.4, -0.2) is 41.5 Å². The molecule has 1 heterocycles. The maximum atomic E-state index is 12.3. The van der Waals surface area contributed by atoms with Gasteiger partial charge in [0.25, 0.3) is 0 Å². The number of aromatic nitrogens is 1. The second kappa shape index (κ2) is 8.44. The Kier molecular flexibility index (Phi) is 7.37. The van der Waals surface area contributed by atoms with Crippen molar-refractivity contribution in [3.63, 3.8) is 0 Å². The third-order valence-corrected chi connectivity index (χ3v) is 4.94. The van der Waals surface area contributed by atoms with E-state index >= 15 is 0 Å². The summed E-state index contributed by atoms with van der Waals surface area (Å²) in [6.07, 6.45) is -5.04. The Bertz CT molecular complexity index is 571. The average molecular weight is 382 g/mol. The van der Waals surface area contributed by atoms with Gasteiger partial charge in [-0.2, -0.15) is 13.2 Å². The van der Waals surface area contributed by atoms with E-state index in [4.69, 9.17) is 9.26 Å².